The van der Waals surface area contributed by atoms with Gasteiger partial charge in [-0.2, -0.15) is 0 Å². The molecular weight excluding hydrogens is 443 g/mol. The summed E-state index contributed by atoms with van der Waals surface area (Å²) in [6.07, 6.45) is 2.24. The Morgan fingerprint density at radius 1 is 1.23 bits per heavy atom. The Hall–Kier alpha value is -2.48. The number of benzene rings is 2. The van der Waals surface area contributed by atoms with Crippen LogP contribution in [0.1, 0.15) is 33.5 Å². The third-order valence-corrected chi connectivity index (χ3v) is 5.57. The zero-order valence-electron chi connectivity index (χ0n) is 16.7. The lowest BCUT2D eigenvalue weighted by molar-refractivity contribution is 0.0949. The molecule has 0 saturated carbocycles. The Balaban J connectivity index is 1.77. The summed E-state index contributed by atoms with van der Waals surface area (Å²) in [5.41, 5.74) is 2.82. The van der Waals surface area contributed by atoms with Crippen LogP contribution in [0.4, 0.5) is 0 Å². The minimum atomic E-state index is -4.50. The van der Waals surface area contributed by atoms with Gasteiger partial charge in [0.25, 0.3) is 5.91 Å². The number of pyridine rings is 1. The molecule has 164 valence electrons. The number of hydrogen-bond donors (Lipinski definition) is 4. The molecule has 3 rings (SSSR count). The fourth-order valence-electron chi connectivity index (χ4n) is 3.18. The Kier molecular flexibility index (Phi) is 7.30. The van der Waals surface area contributed by atoms with E-state index in [1.54, 1.807) is 30.3 Å². The van der Waals surface area contributed by atoms with Crippen LogP contribution in [0.15, 0.2) is 47.4 Å². The molecule has 2 aromatic carbocycles. The van der Waals surface area contributed by atoms with Gasteiger partial charge in [-0.25, -0.2) is 4.57 Å². The molecule has 31 heavy (non-hydrogen) atoms. The highest BCUT2D eigenvalue weighted by molar-refractivity contribution is 7.46. The summed E-state index contributed by atoms with van der Waals surface area (Å²) >= 11 is 5.86. The second-order valence-corrected chi connectivity index (χ2v) is 8.77. The van der Waals surface area contributed by atoms with E-state index in [0.717, 1.165) is 16.7 Å². The lowest BCUT2D eigenvalue weighted by Gasteiger charge is -2.10. The van der Waals surface area contributed by atoms with Crippen LogP contribution in [0, 0.1) is 6.92 Å². The van der Waals surface area contributed by atoms with E-state index in [0.29, 0.717) is 28.8 Å². The molecule has 0 atom stereocenters. The maximum Gasteiger partial charge on any atom is 0.469 e. The van der Waals surface area contributed by atoms with Crippen LogP contribution in [0.2, 0.25) is 5.02 Å². The van der Waals surface area contributed by atoms with Gasteiger partial charge in [0.2, 0.25) is 5.43 Å². The fourth-order valence-corrected chi connectivity index (χ4v) is 3.68. The average Bonchev–Trinajstić information content (AvgIpc) is 2.70. The predicted molar refractivity (Wildman–Crippen MR) is 118 cm³/mol. The van der Waals surface area contributed by atoms with Gasteiger partial charge >= 0.3 is 7.82 Å². The first-order chi connectivity index (χ1) is 14.6. The summed E-state index contributed by atoms with van der Waals surface area (Å²) in [4.78, 5) is 46.0. The molecule has 0 aliphatic rings. The van der Waals surface area contributed by atoms with Crippen LogP contribution in [-0.2, 0) is 22.1 Å². The first kappa shape index (κ1) is 23.2. The molecule has 0 bridgehead atoms. The lowest BCUT2D eigenvalue weighted by atomic mass is 10.00. The van der Waals surface area contributed by atoms with Crippen LogP contribution in [-0.4, -0.2) is 27.3 Å². The lowest BCUT2D eigenvalue weighted by Crippen LogP contribution is -2.28. The molecule has 1 heterocycles. The number of hydrogen-bond acceptors (Lipinski definition) is 4. The van der Waals surface area contributed by atoms with Crippen LogP contribution < -0.4 is 10.7 Å². The van der Waals surface area contributed by atoms with Crippen molar-refractivity contribution in [2.24, 2.45) is 0 Å². The molecule has 0 aliphatic carbocycles. The molecule has 1 amide bonds. The normalized spacial score (nSPS) is 11.6. The van der Waals surface area contributed by atoms with Gasteiger partial charge < -0.3 is 20.1 Å². The van der Waals surface area contributed by atoms with Crippen LogP contribution in [0.5, 0.6) is 0 Å². The topological polar surface area (TPSA) is 129 Å². The first-order valence-electron chi connectivity index (χ1n) is 9.52. The molecule has 10 heteroatoms. The van der Waals surface area contributed by atoms with Crippen molar-refractivity contribution in [3.63, 3.8) is 0 Å². The van der Waals surface area contributed by atoms with Crippen molar-refractivity contribution in [1.82, 2.24) is 10.3 Å². The molecule has 0 unspecified atom stereocenters. The second kappa shape index (κ2) is 9.77. The zero-order valence-corrected chi connectivity index (χ0v) is 18.4. The third kappa shape index (κ3) is 6.26. The van der Waals surface area contributed by atoms with E-state index in [1.807, 2.05) is 13.0 Å². The van der Waals surface area contributed by atoms with Crippen molar-refractivity contribution in [2.45, 2.75) is 26.3 Å². The maximum atomic E-state index is 12.9. The highest BCUT2D eigenvalue weighted by Gasteiger charge is 2.15. The standard InChI is InChI=1S/C21H22ClN2O6P/c1-13-9-19-17(10-15(13)3-2-8-30-31(27,28)29)20(25)18(12-23-19)21(26)24-11-14-4-6-16(22)7-5-14/h4-7,9-10,12H,2-3,8,11H2,1H3,(H,23,25)(H,24,26)(H2,27,28,29). The molecule has 0 aliphatic heterocycles. The fraction of sp³-hybridized carbons (Fsp3) is 0.238. The molecular formula is C21H22ClN2O6P. The highest BCUT2D eigenvalue weighted by atomic mass is 35.5. The van der Waals surface area contributed by atoms with Gasteiger partial charge in [-0.15, -0.1) is 0 Å². The van der Waals surface area contributed by atoms with E-state index in [2.05, 4.69) is 14.8 Å². The van der Waals surface area contributed by atoms with E-state index in [-0.39, 0.29) is 18.7 Å². The van der Waals surface area contributed by atoms with Crippen molar-refractivity contribution < 1.29 is 23.7 Å². The summed E-state index contributed by atoms with van der Waals surface area (Å²) in [7, 11) is -4.50. The number of carbonyl (C=O) groups excluding carboxylic acids is 1. The van der Waals surface area contributed by atoms with E-state index in [4.69, 9.17) is 21.4 Å². The van der Waals surface area contributed by atoms with Gasteiger partial charge in [-0.05, 0) is 60.7 Å². The Bertz CT molecular complexity index is 1200. The molecule has 0 radical (unpaired) electrons. The van der Waals surface area contributed by atoms with Crippen LogP contribution >= 0.6 is 19.4 Å². The van der Waals surface area contributed by atoms with Crippen molar-refractivity contribution in [3.05, 3.63) is 80.1 Å². The maximum absolute atomic E-state index is 12.9. The van der Waals surface area contributed by atoms with E-state index in [1.165, 1.54) is 6.20 Å². The first-order valence-corrected chi connectivity index (χ1v) is 11.4. The van der Waals surface area contributed by atoms with Gasteiger partial charge in [0.1, 0.15) is 5.56 Å². The number of carbonyl (C=O) groups is 1. The van der Waals surface area contributed by atoms with Crippen molar-refractivity contribution in [1.29, 1.82) is 0 Å². The van der Waals surface area contributed by atoms with E-state index in [9.17, 15) is 14.2 Å². The second-order valence-electron chi connectivity index (χ2n) is 7.09. The molecule has 1 aromatic heterocycles. The molecule has 0 spiro atoms. The minimum Gasteiger partial charge on any atom is -0.360 e. The number of nitrogens with one attached hydrogen (secondary N) is 2. The predicted octanol–water partition coefficient (Wildman–Crippen LogP) is 3.46. The summed E-state index contributed by atoms with van der Waals surface area (Å²) in [5.74, 6) is -0.490. The zero-order chi connectivity index (χ0) is 22.6. The van der Waals surface area contributed by atoms with E-state index < -0.39 is 19.2 Å². The Morgan fingerprint density at radius 3 is 2.61 bits per heavy atom. The third-order valence-electron chi connectivity index (χ3n) is 4.80. The Morgan fingerprint density at radius 2 is 1.94 bits per heavy atom. The van der Waals surface area contributed by atoms with E-state index >= 15 is 0 Å². The van der Waals surface area contributed by atoms with Gasteiger partial charge in [-0.1, -0.05) is 23.7 Å². The number of halogens is 1. The van der Waals surface area contributed by atoms with Crippen molar-refractivity contribution in [2.75, 3.05) is 6.61 Å². The summed E-state index contributed by atoms with van der Waals surface area (Å²) in [5, 5.41) is 3.70. The molecule has 3 aromatic rings. The number of phosphoric ester groups is 1. The highest BCUT2D eigenvalue weighted by Crippen LogP contribution is 2.35. The number of phosphoric acid groups is 1. The summed E-state index contributed by atoms with van der Waals surface area (Å²) in [6, 6.07) is 10.5. The number of H-pyrrole nitrogens is 1. The molecule has 0 saturated heterocycles. The molecule has 0 fully saturated rings. The Labute approximate surface area is 183 Å². The number of aryl methyl sites for hydroxylation is 2. The van der Waals surface area contributed by atoms with Crippen LogP contribution in [0.25, 0.3) is 10.9 Å². The number of amides is 1. The largest absolute Gasteiger partial charge is 0.469 e. The SMILES string of the molecule is Cc1cc2[nH]cc(C(=O)NCc3ccc(Cl)cc3)c(=O)c2cc1CCCOP(=O)(O)O. The average molecular weight is 465 g/mol. The number of aromatic amines is 1. The summed E-state index contributed by atoms with van der Waals surface area (Å²) < 4.78 is 15.2. The quantitative estimate of drug-likeness (QED) is 0.298. The smallest absolute Gasteiger partial charge is 0.360 e. The summed E-state index contributed by atoms with van der Waals surface area (Å²) in [6.45, 7) is 2.03. The van der Waals surface area contributed by atoms with Crippen LogP contribution in [0.3, 0.4) is 0 Å². The van der Waals surface area contributed by atoms with Gasteiger partial charge in [0.05, 0.1) is 6.61 Å². The number of fused-ring (bicyclic) bond motifs is 1. The minimum absolute atomic E-state index is 0.00102. The number of rotatable bonds is 8. The van der Waals surface area contributed by atoms with Gasteiger partial charge in [0.15, 0.2) is 0 Å². The van der Waals surface area contributed by atoms with Gasteiger partial charge in [-0.3, -0.25) is 14.1 Å². The monoisotopic (exact) mass is 464 g/mol. The van der Waals surface area contributed by atoms with Crippen molar-refractivity contribution in [3.8, 4) is 0 Å². The van der Waals surface area contributed by atoms with Crippen molar-refractivity contribution >= 4 is 36.2 Å². The number of aromatic nitrogens is 1. The molecule has 4 N–H and O–H groups in total. The van der Waals surface area contributed by atoms with Gasteiger partial charge in [0, 0.05) is 28.7 Å². The molecule has 8 nitrogen and oxygen atoms in total.